The molecule has 2 aromatic rings. The number of aromatic nitrogens is 1. The van der Waals surface area contributed by atoms with Crippen molar-refractivity contribution in [3.05, 3.63) is 29.5 Å². The van der Waals surface area contributed by atoms with Crippen molar-refractivity contribution < 1.29 is 17.6 Å². The van der Waals surface area contributed by atoms with E-state index in [9.17, 15) is 13.2 Å². The van der Waals surface area contributed by atoms with Gasteiger partial charge in [-0.1, -0.05) is 6.07 Å². The molecule has 8 heteroatoms. The Morgan fingerprint density at radius 2 is 2.32 bits per heavy atom. The maximum Gasteiger partial charge on any atom is 0.236 e. The largest absolute Gasteiger partial charge is 0.444 e. The Morgan fingerprint density at radius 3 is 2.89 bits per heavy atom. The number of oxazole rings is 1. The summed E-state index contributed by atoms with van der Waals surface area (Å²) in [5.41, 5.74) is 5.26. The Bertz CT molecular complexity index is 673. The molecule has 0 spiro atoms. The van der Waals surface area contributed by atoms with Crippen molar-refractivity contribution >= 4 is 27.1 Å². The molecule has 0 aliphatic heterocycles. The Kier molecular flexibility index (Phi) is 3.72. The fourth-order valence-electron chi connectivity index (χ4n) is 1.39. The number of nitrogens with zero attached hydrogens (tertiary/aromatic N) is 1. The molecule has 19 heavy (non-hydrogen) atoms. The third-order valence-corrected chi connectivity index (χ3v) is 5.44. The summed E-state index contributed by atoms with van der Waals surface area (Å²) < 4.78 is 28.9. The van der Waals surface area contributed by atoms with E-state index in [1.807, 2.05) is 17.5 Å². The molecular weight excluding hydrogens is 288 g/mol. The molecule has 0 fully saturated rings. The van der Waals surface area contributed by atoms with Crippen molar-refractivity contribution in [2.75, 3.05) is 0 Å². The number of thiophene rings is 1. The highest BCUT2D eigenvalue weighted by Gasteiger charge is 2.27. The maximum absolute atomic E-state index is 11.9. The Balaban J connectivity index is 2.19. The Morgan fingerprint density at radius 1 is 1.58 bits per heavy atom. The van der Waals surface area contributed by atoms with Gasteiger partial charge in [-0.2, -0.15) is 0 Å². The lowest BCUT2D eigenvalue weighted by Gasteiger charge is -2.06. The highest BCUT2D eigenvalue weighted by atomic mass is 32.2. The van der Waals surface area contributed by atoms with Crippen LogP contribution in [0.25, 0.3) is 10.8 Å². The second-order valence-corrected chi connectivity index (χ2v) is 7.24. The summed E-state index contributed by atoms with van der Waals surface area (Å²) in [6, 6.07) is 3.66. The van der Waals surface area contributed by atoms with E-state index in [4.69, 9.17) is 10.2 Å². The monoisotopic (exact) mass is 300 g/mol. The molecule has 1 amide bonds. The smallest absolute Gasteiger partial charge is 0.236 e. The van der Waals surface area contributed by atoms with Crippen LogP contribution in [0.4, 0.5) is 0 Å². The van der Waals surface area contributed by atoms with Crippen LogP contribution in [0.2, 0.25) is 0 Å². The molecule has 102 valence electrons. The van der Waals surface area contributed by atoms with Gasteiger partial charge in [0, 0.05) is 0 Å². The average Bonchev–Trinajstić information content (AvgIpc) is 2.96. The molecular formula is C11H12N2O4S2. The molecule has 0 aliphatic carbocycles. The average molecular weight is 300 g/mol. The van der Waals surface area contributed by atoms with Gasteiger partial charge in [0.25, 0.3) is 0 Å². The van der Waals surface area contributed by atoms with Crippen molar-refractivity contribution in [1.29, 1.82) is 0 Å². The lowest BCUT2D eigenvalue weighted by molar-refractivity contribution is -0.117. The molecule has 2 N–H and O–H groups in total. The van der Waals surface area contributed by atoms with Crippen molar-refractivity contribution in [2.45, 2.75) is 17.9 Å². The lowest BCUT2D eigenvalue weighted by Crippen LogP contribution is -2.34. The second-order valence-electron chi connectivity index (χ2n) is 3.97. The molecule has 0 unspecified atom stereocenters. The molecule has 0 radical (unpaired) electrons. The third kappa shape index (κ3) is 3.02. The topological polar surface area (TPSA) is 103 Å². The first-order valence-electron chi connectivity index (χ1n) is 5.39. The lowest BCUT2D eigenvalue weighted by atomic mass is 10.5. The minimum atomic E-state index is -3.66. The minimum absolute atomic E-state index is 0.261. The van der Waals surface area contributed by atoms with E-state index in [1.54, 1.807) is 0 Å². The fraction of sp³-hybridized carbons (Fsp3) is 0.273. The van der Waals surface area contributed by atoms with Crippen molar-refractivity contribution in [3.63, 3.8) is 0 Å². The summed E-state index contributed by atoms with van der Waals surface area (Å²) in [6.07, 6.45) is 1.28. The number of rotatable bonds is 5. The van der Waals surface area contributed by atoms with Gasteiger partial charge in [-0.15, -0.1) is 11.3 Å². The summed E-state index contributed by atoms with van der Waals surface area (Å²) in [6.45, 7) is 1.26. The van der Waals surface area contributed by atoms with Gasteiger partial charge in [-0.25, -0.2) is 13.4 Å². The first-order chi connectivity index (χ1) is 8.90. The standard InChI is InChI=1S/C11H12N2O4S2/c1-7(10(12)14)19(15,16)6-8-5-17-11(13-8)9-3-2-4-18-9/h2-5,7H,6H2,1H3,(H2,12,14)/t7-/m1/s1. The minimum Gasteiger partial charge on any atom is -0.444 e. The molecule has 0 saturated heterocycles. The van der Waals surface area contributed by atoms with Crippen molar-refractivity contribution in [2.24, 2.45) is 5.73 Å². The SMILES string of the molecule is C[C@H](C(N)=O)S(=O)(=O)Cc1coc(-c2cccs2)n1. The van der Waals surface area contributed by atoms with E-state index in [0.29, 0.717) is 5.89 Å². The number of hydrogen-bond donors (Lipinski definition) is 1. The van der Waals surface area contributed by atoms with Crippen molar-refractivity contribution in [1.82, 2.24) is 4.98 Å². The van der Waals surface area contributed by atoms with Gasteiger partial charge in [-0.3, -0.25) is 4.79 Å². The number of sulfone groups is 1. The van der Waals surface area contributed by atoms with Gasteiger partial charge >= 0.3 is 0 Å². The third-order valence-electron chi connectivity index (χ3n) is 2.57. The molecule has 1 atom stereocenters. The van der Waals surface area contributed by atoms with Gasteiger partial charge in [0.05, 0.1) is 16.3 Å². The van der Waals surface area contributed by atoms with E-state index in [2.05, 4.69) is 4.98 Å². The first-order valence-corrected chi connectivity index (χ1v) is 7.99. The maximum atomic E-state index is 11.9. The Hall–Kier alpha value is -1.67. The van der Waals surface area contributed by atoms with Gasteiger partial charge in [0.1, 0.15) is 11.5 Å². The molecule has 6 nitrogen and oxygen atoms in total. The van der Waals surface area contributed by atoms with Crippen LogP contribution in [0.5, 0.6) is 0 Å². The molecule has 2 heterocycles. The van der Waals surface area contributed by atoms with Crippen LogP contribution in [0.1, 0.15) is 12.6 Å². The summed E-state index contributed by atoms with van der Waals surface area (Å²) in [5.74, 6) is -0.875. The Labute approximate surface area is 114 Å². The van der Waals surface area contributed by atoms with E-state index in [0.717, 1.165) is 4.88 Å². The molecule has 0 aliphatic rings. The normalized spacial score (nSPS) is 13.3. The number of hydrogen-bond acceptors (Lipinski definition) is 6. The highest BCUT2D eigenvalue weighted by Crippen LogP contribution is 2.24. The zero-order chi connectivity index (χ0) is 14.0. The molecule has 0 aromatic carbocycles. The van der Waals surface area contributed by atoms with E-state index >= 15 is 0 Å². The van der Waals surface area contributed by atoms with E-state index in [1.165, 1.54) is 24.5 Å². The first kappa shape index (κ1) is 13.8. The van der Waals surface area contributed by atoms with Gasteiger partial charge < -0.3 is 10.2 Å². The van der Waals surface area contributed by atoms with Crippen LogP contribution in [0.3, 0.4) is 0 Å². The van der Waals surface area contributed by atoms with E-state index in [-0.39, 0.29) is 11.4 Å². The molecule has 2 rings (SSSR count). The summed E-state index contributed by atoms with van der Waals surface area (Å²) in [7, 11) is -3.66. The van der Waals surface area contributed by atoms with Gasteiger partial charge in [0.15, 0.2) is 9.84 Å². The van der Waals surface area contributed by atoms with Crippen LogP contribution >= 0.6 is 11.3 Å². The number of carbonyl (C=O) groups excluding carboxylic acids is 1. The van der Waals surface area contributed by atoms with Gasteiger partial charge in [-0.05, 0) is 18.4 Å². The van der Waals surface area contributed by atoms with Crippen molar-refractivity contribution in [3.8, 4) is 10.8 Å². The van der Waals surface area contributed by atoms with Crippen LogP contribution < -0.4 is 5.73 Å². The molecule has 2 aromatic heterocycles. The summed E-state index contributed by atoms with van der Waals surface area (Å²) >= 11 is 1.44. The predicted octanol–water partition coefficient (Wildman–Crippen LogP) is 1.19. The quantitative estimate of drug-likeness (QED) is 0.893. The number of primary amides is 1. The number of nitrogens with two attached hydrogens (primary N) is 1. The van der Waals surface area contributed by atoms with Crippen LogP contribution in [0.15, 0.2) is 28.2 Å². The van der Waals surface area contributed by atoms with Crippen LogP contribution in [0, 0.1) is 0 Å². The summed E-state index contributed by atoms with van der Waals surface area (Å²) in [4.78, 5) is 15.8. The number of carbonyl (C=O) groups is 1. The van der Waals surface area contributed by atoms with Crippen LogP contribution in [-0.4, -0.2) is 24.6 Å². The number of amides is 1. The highest BCUT2D eigenvalue weighted by molar-refractivity contribution is 7.92. The zero-order valence-corrected chi connectivity index (χ0v) is 11.7. The fourth-order valence-corrected chi connectivity index (χ4v) is 3.20. The molecule has 0 bridgehead atoms. The predicted molar refractivity (Wildman–Crippen MR) is 71.1 cm³/mol. The second kappa shape index (κ2) is 5.14. The van der Waals surface area contributed by atoms with Crippen LogP contribution in [-0.2, 0) is 20.4 Å². The summed E-state index contributed by atoms with van der Waals surface area (Å²) in [5, 5.41) is 0.625. The van der Waals surface area contributed by atoms with E-state index < -0.39 is 21.0 Å². The van der Waals surface area contributed by atoms with Gasteiger partial charge in [0.2, 0.25) is 11.8 Å². The molecule has 0 saturated carbocycles. The zero-order valence-electron chi connectivity index (χ0n) is 10.1.